The number of nitrogens with one attached hydrogen (secondary N) is 1. The van der Waals surface area contributed by atoms with Crippen LogP contribution in [0, 0.1) is 0 Å². The van der Waals surface area contributed by atoms with Crippen molar-refractivity contribution in [3.8, 4) is 0 Å². The predicted molar refractivity (Wildman–Crippen MR) is 81.2 cm³/mol. The highest BCUT2D eigenvalue weighted by Crippen LogP contribution is 2.22. The fourth-order valence-corrected chi connectivity index (χ4v) is 2.27. The van der Waals surface area contributed by atoms with Crippen LogP contribution in [0.1, 0.15) is 25.6 Å². The molecule has 5 heteroatoms. The first-order valence-electron chi connectivity index (χ1n) is 5.61. The Hall–Kier alpha value is -0.940. The molecule has 1 heterocycles. The van der Waals surface area contributed by atoms with Crippen LogP contribution in [0.15, 0.2) is 39.4 Å². The van der Waals surface area contributed by atoms with E-state index in [9.17, 15) is 0 Å². The molecule has 0 bridgehead atoms. The summed E-state index contributed by atoms with van der Waals surface area (Å²) in [4.78, 5) is 8.84. The molecule has 0 radical (unpaired) electrons. The Morgan fingerprint density at radius 3 is 2.56 bits per heavy atom. The molecule has 0 spiro atoms. The van der Waals surface area contributed by atoms with E-state index in [0.29, 0.717) is 5.92 Å². The molecule has 0 aliphatic heterocycles. The molecule has 1 aromatic heterocycles. The summed E-state index contributed by atoms with van der Waals surface area (Å²) in [6.45, 7) is 4.15. The second-order valence-electron chi connectivity index (χ2n) is 4.22. The van der Waals surface area contributed by atoms with Gasteiger partial charge in [-0.25, -0.2) is 9.97 Å². The average molecular weight is 371 g/mol. The third kappa shape index (κ3) is 3.53. The van der Waals surface area contributed by atoms with Crippen molar-refractivity contribution >= 4 is 43.4 Å². The van der Waals surface area contributed by atoms with Gasteiger partial charge in [0.2, 0.25) is 0 Å². The number of nitrogens with zero attached hydrogens (tertiary/aromatic N) is 2. The van der Waals surface area contributed by atoms with Crippen molar-refractivity contribution in [2.75, 3.05) is 5.32 Å². The van der Waals surface area contributed by atoms with Gasteiger partial charge in [-0.15, -0.1) is 0 Å². The lowest BCUT2D eigenvalue weighted by atomic mass is 10.2. The summed E-state index contributed by atoms with van der Waals surface area (Å²) in [6, 6.07) is 9.83. The van der Waals surface area contributed by atoms with E-state index >= 15 is 0 Å². The highest BCUT2D eigenvalue weighted by molar-refractivity contribution is 9.10. The molecular weight excluding hydrogens is 358 g/mol. The lowest BCUT2D eigenvalue weighted by Crippen LogP contribution is -2.02. The van der Waals surface area contributed by atoms with Gasteiger partial charge in [0, 0.05) is 22.1 Å². The fourth-order valence-electron chi connectivity index (χ4n) is 1.47. The van der Waals surface area contributed by atoms with E-state index < -0.39 is 0 Å². The summed E-state index contributed by atoms with van der Waals surface area (Å²) in [5, 5.41) is 3.27. The lowest BCUT2D eigenvalue weighted by Gasteiger charge is -2.10. The highest BCUT2D eigenvalue weighted by atomic mass is 79.9. The van der Waals surface area contributed by atoms with Gasteiger partial charge in [-0.05, 0) is 34.1 Å². The minimum Gasteiger partial charge on any atom is -0.340 e. The molecule has 94 valence electrons. The Bertz CT molecular complexity index is 556. The first kappa shape index (κ1) is 13.5. The zero-order valence-electron chi connectivity index (χ0n) is 10.1. The van der Waals surface area contributed by atoms with Gasteiger partial charge in [0.15, 0.2) is 0 Å². The number of rotatable bonds is 3. The molecule has 0 saturated carbocycles. The third-order valence-electron chi connectivity index (χ3n) is 2.33. The summed E-state index contributed by atoms with van der Waals surface area (Å²) >= 11 is 6.85. The van der Waals surface area contributed by atoms with E-state index in [1.807, 2.05) is 30.3 Å². The van der Waals surface area contributed by atoms with Crippen molar-refractivity contribution in [3.63, 3.8) is 0 Å². The maximum absolute atomic E-state index is 4.49. The highest BCUT2D eigenvalue weighted by Gasteiger charge is 2.07. The van der Waals surface area contributed by atoms with Crippen LogP contribution >= 0.6 is 31.9 Å². The van der Waals surface area contributed by atoms with Gasteiger partial charge in [0.25, 0.3) is 0 Å². The fraction of sp³-hybridized carbons (Fsp3) is 0.231. The van der Waals surface area contributed by atoms with E-state index in [0.717, 1.165) is 26.4 Å². The summed E-state index contributed by atoms with van der Waals surface area (Å²) in [6.07, 6.45) is 0. The molecule has 0 atom stereocenters. The Labute approximate surface area is 123 Å². The molecule has 1 N–H and O–H groups in total. The van der Waals surface area contributed by atoms with E-state index in [1.54, 1.807) is 0 Å². The molecule has 0 amide bonds. The molecule has 1 aromatic carbocycles. The lowest BCUT2D eigenvalue weighted by molar-refractivity contribution is 0.771. The normalized spacial score (nSPS) is 10.7. The predicted octanol–water partition coefficient (Wildman–Crippen LogP) is 4.87. The minimum absolute atomic E-state index is 0.297. The summed E-state index contributed by atoms with van der Waals surface area (Å²) < 4.78 is 1.82. The molecular formula is C13H13Br2N3. The van der Waals surface area contributed by atoms with Crippen LogP contribution in [-0.2, 0) is 0 Å². The smallest absolute Gasteiger partial charge is 0.135 e. The second-order valence-corrected chi connectivity index (χ2v) is 5.95. The summed E-state index contributed by atoms with van der Waals surface area (Å²) in [5.41, 5.74) is 0.990. The largest absolute Gasteiger partial charge is 0.340 e. The molecule has 2 aromatic rings. The molecule has 0 aliphatic rings. The zero-order valence-corrected chi connectivity index (χ0v) is 13.3. The number of hydrogen-bond donors (Lipinski definition) is 1. The molecule has 0 saturated heterocycles. The SMILES string of the molecule is CC(C)c1nc(Br)cc(Nc2cccc(Br)c2)n1. The molecule has 0 aliphatic carbocycles. The Balaban J connectivity index is 2.29. The van der Waals surface area contributed by atoms with Gasteiger partial charge >= 0.3 is 0 Å². The maximum Gasteiger partial charge on any atom is 0.135 e. The Morgan fingerprint density at radius 2 is 1.89 bits per heavy atom. The van der Waals surface area contributed by atoms with Crippen LogP contribution in [0.5, 0.6) is 0 Å². The monoisotopic (exact) mass is 369 g/mol. The van der Waals surface area contributed by atoms with Crippen molar-refractivity contribution < 1.29 is 0 Å². The topological polar surface area (TPSA) is 37.8 Å². The minimum atomic E-state index is 0.297. The van der Waals surface area contributed by atoms with Gasteiger partial charge in [-0.2, -0.15) is 0 Å². The molecule has 0 unspecified atom stereocenters. The first-order valence-corrected chi connectivity index (χ1v) is 7.20. The van der Waals surface area contributed by atoms with Gasteiger partial charge in [0.1, 0.15) is 16.2 Å². The van der Waals surface area contributed by atoms with E-state index in [2.05, 4.69) is 61.0 Å². The van der Waals surface area contributed by atoms with Crippen LogP contribution in [0.3, 0.4) is 0 Å². The maximum atomic E-state index is 4.49. The second kappa shape index (κ2) is 5.80. The first-order chi connectivity index (χ1) is 8.54. The summed E-state index contributed by atoms with van der Waals surface area (Å²) in [5.74, 6) is 1.91. The molecule has 2 rings (SSSR count). The number of halogens is 2. The zero-order chi connectivity index (χ0) is 13.1. The van der Waals surface area contributed by atoms with Gasteiger partial charge in [-0.1, -0.05) is 35.8 Å². The van der Waals surface area contributed by atoms with Crippen molar-refractivity contribution in [2.45, 2.75) is 19.8 Å². The molecule has 0 fully saturated rings. The van der Waals surface area contributed by atoms with Crippen LogP contribution in [0.25, 0.3) is 0 Å². The number of anilines is 2. The standard InChI is InChI=1S/C13H13Br2N3/c1-8(2)13-17-11(15)7-12(18-13)16-10-5-3-4-9(14)6-10/h3-8H,1-2H3,(H,16,17,18). The molecule has 18 heavy (non-hydrogen) atoms. The Morgan fingerprint density at radius 1 is 1.11 bits per heavy atom. The number of hydrogen-bond acceptors (Lipinski definition) is 3. The van der Waals surface area contributed by atoms with E-state index in [4.69, 9.17) is 0 Å². The van der Waals surface area contributed by atoms with Crippen LogP contribution in [0.4, 0.5) is 11.5 Å². The van der Waals surface area contributed by atoms with Crippen molar-refractivity contribution in [1.29, 1.82) is 0 Å². The van der Waals surface area contributed by atoms with Crippen LogP contribution < -0.4 is 5.32 Å². The molecule has 3 nitrogen and oxygen atoms in total. The summed E-state index contributed by atoms with van der Waals surface area (Å²) in [7, 11) is 0. The Kier molecular flexibility index (Phi) is 4.35. The van der Waals surface area contributed by atoms with Crippen LogP contribution in [0.2, 0.25) is 0 Å². The van der Waals surface area contributed by atoms with Crippen molar-refractivity contribution in [2.24, 2.45) is 0 Å². The number of benzene rings is 1. The third-order valence-corrected chi connectivity index (χ3v) is 3.23. The average Bonchev–Trinajstić information content (AvgIpc) is 2.28. The van der Waals surface area contributed by atoms with Gasteiger partial charge < -0.3 is 5.32 Å². The van der Waals surface area contributed by atoms with Crippen molar-refractivity contribution in [1.82, 2.24) is 9.97 Å². The quantitative estimate of drug-likeness (QED) is 0.783. The number of aromatic nitrogens is 2. The van der Waals surface area contributed by atoms with Gasteiger partial charge in [-0.3, -0.25) is 0 Å². The van der Waals surface area contributed by atoms with Crippen molar-refractivity contribution in [3.05, 3.63) is 45.2 Å². The van der Waals surface area contributed by atoms with E-state index in [-0.39, 0.29) is 0 Å². The van der Waals surface area contributed by atoms with Gasteiger partial charge in [0.05, 0.1) is 0 Å². The van der Waals surface area contributed by atoms with E-state index in [1.165, 1.54) is 0 Å². The van der Waals surface area contributed by atoms with Crippen LogP contribution in [-0.4, -0.2) is 9.97 Å².